The van der Waals surface area contributed by atoms with Crippen molar-refractivity contribution >= 4 is 21.6 Å². The van der Waals surface area contributed by atoms with Gasteiger partial charge in [0.05, 0.1) is 6.54 Å². The van der Waals surface area contributed by atoms with Crippen LogP contribution in [-0.4, -0.2) is 27.4 Å². The predicted molar refractivity (Wildman–Crippen MR) is 69.3 cm³/mol. The Hall–Kier alpha value is -1.74. The first-order chi connectivity index (χ1) is 9.27. The molecule has 6 nitrogen and oxygen atoms in total. The van der Waals surface area contributed by atoms with Crippen LogP contribution in [0.5, 0.6) is 0 Å². The third-order valence-electron chi connectivity index (χ3n) is 2.28. The van der Waals surface area contributed by atoms with E-state index >= 15 is 0 Å². The fraction of sp³-hybridized carbons (Fsp3) is 0.364. The summed E-state index contributed by atoms with van der Waals surface area (Å²) in [5, 5.41) is 2.42. The van der Waals surface area contributed by atoms with E-state index < -0.39 is 39.0 Å². The van der Waals surface area contributed by atoms with E-state index in [9.17, 15) is 22.0 Å². The summed E-state index contributed by atoms with van der Waals surface area (Å²) in [5.74, 6) is -3.22. The number of amides is 1. The van der Waals surface area contributed by atoms with Crippen molar-refractivity contribution in [1.82, 2.24) is 10.0 Å². The SMILES string of the molecule is CCCNC(=O)CNS(=O)(=O)c1c(F)cc(N)cc1F. The van der Waals surface area contributed by atoms with Crippen LogP contribution in [0.25, 0.3) is 0 Å². The lowest BCUT2D eigenvalue weighted by atomic mass is 10.3. The van der Waals surface area contributed by atoms with Gasteiger partial charge in [0.2, 0.25) is 15.9 Å². The minimum absolute atomic E-state index is 0.236. The molecule has 0 saturated carbocycles. The van der Waals surface area contributed by atoms with Crippen molar-refractivity contribution in [1.29, 1.82) is 0 Å². The summed E-state index contributed by atoms with van der Waals surface area (Å²) in [6.45, 7) is 1.60. The van der Waals surface area contributed by atoms with Crippen molar-refractivity contribution in [3.63, 3.8) is 0 Å². The van der Waals surface area contributed by atoms with Gasteiger partial charge in [-0.3, -0.25) is 4.79 Å². The predicted octanol–water partition coefficient (Wildman–Crippen LogP) is 0.351. The Balaban J connectivity index is 2.87. The van der Waals surface area contributed by atoms with E-state index in [-0.39, 0.29) is 5.69 Å². The van der Waals surface area contributed by atoms with Crippen LogP contribution in [0, 0.1) is 11.6 Å². The third kappa shape index (κ3) is 4.14. The molecule has 1 amide bonds. The molecular weight excluding hydrogens is 292 g/mol. The van der Waals surface area contributed by atoms with Crippen LogP contribution in [-0.2, 0) is 14.8 Å². The summed E-state index contributed by atoms with van der Waals surface area (Å²) >= 11 is 0. The van der Waals surface area contributed by atoms with Gasteiger partial charge in [0.1, 0.15) is 11.6 Å². The lowest BCUT2D eigenvalue weighted by Crippen LogP contribution is -2.37. The van der Waals surface area contributed by atoms with Crippen LogP contribution in [0.1, 0.15) is 13.3 Å². The van der Waals surface area contributed by atoms with Gasteiger partial charge in [-0.05, 0) is 18.6 Å². The van der Waals surface area contributed by atoms with E-state index in [4.69, 9.17) is 5.73 Å². The number of carbonyl (C=O) groups excluding carboxylic acids is 1. The van der Waals surface area contributed by atoms with Crippen molar-refractivity contribution in [2.75, 3.05) is 18.8 Å². The molecule has 1 rings (SSSR count). The Morgan fingerprint density at radius 2 is 1.85 bits per heavy atom. The highest BCUT2D eigenvalue weighted by Crippen LogP contribution is 2.21. The van der Waals surface area contributed by atoms with Crippen molar-refractivity contribution in [3.05, 3.63) is 23.8 Å². The summed E-state index contributed by atoms with van der Waals surface area (Å²) in [6, 6.07) is 1.38. The molecule has 0 bridgehead atoms. The number of hydrogen-bond acceptors (Lipinski definition) is 4. The molecule has 0 aromatic heterocycles. The molecule has 1 aromatic carbocycles. The number of benzene rings is 1. The molecule has 0 saturated heterocycles. The quantitative estimate of drug-likeness (QED) is 0.660. The Bertz CT molecular complexity index is 582. The molecule has 0 fully saturated rings. The van der Waals surface area contributed by atoms with E-state index in [0.29, 0.717) is 25.1 Å². The maximum absolute atomic E-state index is 13.5. The Labute approximate surface area is 115 Å². The van der Waals surface area contributed by atoms with Gasteiger partial charge < -0.3 is 11.1 Å². The molecule has 0 aliphatic heterocycles. The van der Waals surface area contributed by atoms with Gasteiger partial charge in [0.25, 0.3) is 0 Å². The number of carbonyl (C=O) groups is 1. The number of sulfonamides is 1. The summed E-state index contributed by atoms with van der Waals surface area (Å²) in [4.78, 5) is 10.1. The molecule has 9 heteroatoms. The van der Waals surface area contributed by atoms with E-state index in [1.807, 2.05) is 11.6 Å². The second-order valence-corrected chi connectivity index (χ2v) is 5.69. The van der Waals surface area contributed by atoms with Crippen LogP contribution < -0.4 is 15.8 Å². The average molecular weight is 307 g/mol. The molecule has 0 heterocycles. The van der Waals surface area contributed by atoms with Gasteiger partial charge in [0.15, 0.2) is 4.90 Å². The third-order valence-corrected chi connectivity index (χ3v) is 3.74. The highest BCUT2D eigenvalue weighted by molar-refractivity contribution is 7.89. The fourth-order valence-electron chi connectivity index (χ4n) is 1.40. The van der Waals surface area contributed by atoms with Gasteiger partial charge in [-0.1, -0.05) is 6.92 Å². The van der Waals surface area contributed by atoms with E-state index in [2.05, 4.69) is 5.32 Å². The van der Waals surface area contributed by atoms with E-state index in [0.717, 1.165) is 0 Å². The molecule has 0 aliphatic carbocycles. The van der Waals surface area contributed by atoms with Gasteiger partial charge >= 0.3 is 0 Å². The molecule has 0 unspecified atom stereocenters. The van der Waals surface area contributed by atoms with Gasteiger partial charge in [0, 0.05) is 12.2 Å². The monoisotopic (exact) mass is 307 g/mol. The zero-order chi connectivity index (χ0) is 15.3. The topological polar surface area (TPSA) is 101 Å². The van der Waals surface area contributed by atoms with Crippen molar-refractivity contribution in [2.45, 2.75) is 18.2 Å². The average Bonchev–Trinajstić information content (AvgIpc) is 2.32. The summed E-state index contributed by atoms with van der Waals surface area (Å²) in [7, 11) is -4.47. The van der Waals surface area contributed by atoms with E-state index in [1.165, 1.54) is 0 Å². The van der Waals surface area contributed by atoms with Gasteiger partial charge in [-0.15, -0.1) is 0 Å². The summed E-state index contributed by atoms with van der Waals surface area (Å²) in [6.07, 6.45) is 0.680. The zero-order valence-electron chi connectivity index (χ0n) is 10.7. The molecule has 20 heavy (non-hydrogen) atoms. The minimum Gasteiger partial charge on any atom is -0.399 e. The number of hydrogen-bond donors (Lipinski definition) is 3. The summed E-state index contributed by atoms with van der Waals surface area (Å²) < 4.78 is 52.3. The van der Waals surface area contributed by atoms with Crippen LogP contribution in [0.2, 0.25) is 0 Å². The fourth-order valence-corrected chi connectivity index (χ4v) is 2.49. The van der Waals surface area contributed by atoms with Gasteiger partial charge in [-0.25, -0.2) is 21.9 Å². The normalized spacial score (nSPS) is 11.3. The van der Waals surface area contributed by atoms with Crippen molar-refractivity contribution < 1.29 is 22.0 Å². The van der Waals surface area contributed by atoms with Crippen LogP contribution in [0.3, 0.4) is 0 Å². The number of halogens is 2. The molecule has 0 radical (unpaired) electrons. The van der Waals surface area contributed by atoms with Crippen LogP contribution >= 0.6 is 0 Å². The molecule has 0 spiro atoms. The van der Waals surface area contributed by atoms with Crippen molar-refractivity contribution in [2.24, 2.45) is 0 Å². The van der Waals surface area contributed by atoms with Crippen molar-refractivity contribution in [3.8, 4) is 0 Å². The first-order valence-electron chi connectivity index (χ1n) is 5.78. The number of nitrogen functional groups attached to an aromatic ring is 1. The maximum atomic E-state index is 13.5. The number of anilines is 1. The first-order valence-corrected chi connectivity index (χ1v) is 7.27. The van der Waals surface area contributed by atoms with Gasteiger partial charge in [-0.2, -0.15) is 0 Å². The number of nitrogens with one attached hydrogen (secondary N) is 2. The molecule has 4 N–H and O–H groups in total. The Morgan fingerprint density at radius 3 is 2.35 bits per heavy atom. The molecule has 112 valence electrons. The van der Waals surface area contributed by atoms with Crippen LogP contribution in [0.15, 0.2) is 17.0 Å². The molecule has 0 atom stereocenters. The van der Waals surface area contributed by atoms with E-state index in [1.54, 1.807) is 0 Å². The zero-order valence-corrected chi connectivity index (χ0v) is 11.6. The minimum atomic E-state index is -4.47. The standard InChI is InChI=1S/C11H15F2N3O3S/c1-2-3-15-10(17)6-16-20(18,19)11-8(12)4-7(14)5-9(11)13/h4-5,16H,2-3,6,14H2,1H3,(H,15,17). The first kappa shape index (κ1) is 16.3. The molecular formula is C11H15F2N3O3S. The summed E-state index contributed by atoms with van der Waals surface area (Å²) in [5.41, 5.74) is 4.95. The molecule has 1 aromatic rings. The highest BCUT2D eigenvalue weighted by Gasteiger charge is 2.25. The number of nitrogens with two attached hydrogens (primary N) is 1. The highest BCUT2D eigenvalue weighted by atomic mass is 32.2. The lowest BCUT2D eigenvalue weighted by Gasteiger charge is -2.09. The largest absolute Gasteiger partial charge is 0.399 e. The maximum Gasteiger partial charge on any atom is 0.246 e. The second-order valence-electron chi connectivity index (χ2n) is 3.99. The second kappa shape index (κ2) is 6.62. The Kier molecular flexibility index (Phi) is 5.40. The lowest BCUT2D eigenvalue weighted by molar-refractivity contribution is -0.119. The molecule has 0 aliphatic rings. The van der Waals surface area contributed by atoms with Crippen LogP contribution in [0.4, 0.5) is 14.5 Å². The number of rotatable bonds is 6. The Morgan fingerprint density at radius 1 is 1.30 bits per heavy atom. The smallest absolute Gasteiger partial charge is 0.246 e.